The lowest BCUT2D eigenvalue weighted by Gasteiger charge is -2.25. The molecule has 0 spiro atoms. The smallest absolute Gasteiger partial charge is 0.0693 e. The summed E-state index contributed by atoms with van der Waals surface area (Å²) in [6.45, 7) is 2.89. The van der Waals surface area contributed by atoms with Crippen molar-refractivity contribution in [2.75, 3.05) is 19.8 Å². The Morgan fingerprint density at radius 2 is 1.93 bits per heavy atom. The zero-order chi connectivity index (χ0) is 9.80. The lowest BCUT2D eigenvalue weighted by Crippen LogP contribution is -2.39. The molecule has 3 nitrogen and oxygen atoms in total. The summed E-state index contributed by atoms with van der Waals surface area (Å²) in [5.74, 6) is 0.761. The second-order valence-electron chi connectivity index (χ2n) is 4.57. The Labute approximate surface area is 85.8 Å². The maximum absolute atomic E-state index is 9.63. The highest BCUT2D eigenvalue weighted by Crippen LogP contribution is 2.20. The Balaban J connectivity index is 1.65. The van der Waals surface area contributed by atoms with Gasteiger partial charge in [-0.1, -0.05) is 0 Å². The SMILES string of the molecule is OC1CCCC1NCC1CCOCC1. The standard InChI is InChI=1S/C11H21NO2/c13-11-3-1-2-10(11)12-8-9-4-6-14-7-5-9/h9-13H,1-8H2. The minimum atomic E-state index is -0.102. The molecule has 1 saturated heterocycles. The maximum Gasteiger partial charge on any atom is 0.0693 e. The predicted octanol–water partition coefficient (Wildman–Crippen LogP) is 0.916. The molecule has 3 heteroatoms. The summed E-state index contributed by atoms with van der Waals surface area (Å²) in [5, 5.41) is 13.1. The molecule has 0 aromatic rings. The third-order valence-electron chi connectivity index (χ3n) is 3.49. The zero-order valence-electron chi connectivity index (χ0n) is 8.74. The molecular weight excluding hydrogens is 178 g/mol. The molecule has 2 fully saturated rings. The Morgan fingerprint density at radius 3 is 2.57 bits per heavy atom. The highest BCUT2D eigenvalue weighted by Gasteiger charge is 2.25. The Kier molecular flexibility index (Phi) is 3.79. The summed E-state index contributed by atoms with van der Waals surface area (Å²) in [7, 11) is 0. The molecule has 2 N–H and O–H groups in total. The molecule has 0 amide bonds. The van der Waals surface area contributed by atoms with Crippen LogP contribution in [-0.2, 0) is 4.74 Å². The Morgan fingerprint density at radius 1 is 1.14 bits per heavy atom. The Hall–Kier alpha value is -0.120. The summed E-state index contributed by atoms with van der Waals surface area (Å²) >= 11 is 0. The molecule has 1 aliphatic heterocycles. The van der Waals surface area contributed by atoms with E-state index >= 15 is 0 Å². The van der Waals surface area contributed by atoms with E-state index in [0.717, 1.165) is 38.5 Å². The van der Waals surface area contributed by atoms with Gasteiger partial charge in [-0.25, -0.2) is 0 Å². The monoisotopic (exact) mass is 199 g/mol. The molecule has 0 aromatic carbocycles. The summed E-state index contributed by atoms with van der Waals surface area (Å²) in [6.07, 6.45) is 5.54. The van der Waals surface area contributed by atoms with Crippen molar-refractivity contribution in [2.45, 2.75) is 44.2 Å². The summed E-state index contributed by atoms with van der Waals surface area (Å²) in [4.78, 5) is 0. The molecule has 2 atom stereocenters. The minimum absolute atomic E-state index is 0.102. The molecule has 1 heterocycles. The summed E-state index contributed by atoms with van der Waals surface area (Å²) in [6, 6.07) is 0.359. The van der Waals surface area contributed by atoms with Gasteiger partial charge in [0.15, 0.2) is 0 Å². The second kappa shape index (κ2) is 5.10. The summed E-state index contributed by atoms with van der Waals surface area (Å²) in [5.41, 5.74) is 0. The van der Waals surface area contributed by atoms with Crippen LogP contribution in [0.5, 0.6) is 0 Å². The first-order valence-electron chi connectivity index (χ1n) is 5.85. The molecule has 82 valence electrons. The van der Waals surface area contributed by atoms with Crippen molar-refractivity contribution in [3.63, 3.8) is 0 Å². The van der Waals surface area contributed by atoms with Crippen LogP contribution in [0.3, 0.4) is 0 Å². The van der Waals surface area contributed by atoms with Gasteiger partial charge in [0.2, 0.25) is 0 Å². The second-order valence-corrected chi connectivity index (χ2v) is 4.57. The van der Waals surface area contributed by atoms with Crippen LogP contribution in [0.25, 0.3) is 0 Å². The van der Waals surface area contributed by atoms with Crippen LogP contribution in [0.2, 0.25) is 0 Å². The molecule has 2 rings (SSSR count). The van der Waals surface area contributed by atoms with Crippen LogP contribution >= 0.6 is 0 Å². The predicted molar refractivity (Wildman–Crippen MR) is 55.2 cm³/mol. The van der Waals surface area contributed by atoms with Crippen molar-refractivity contribution < 1.29 is 9.84 Å². The first kappa shape index (κ1) is 10.4. The van der Waals surface area contributed by atoms with Crippen molar-refractivity contribution >= 4 is 0 Å². The van der Waals surface area contributed by atoms with E-state index in [2.05, 4.69) is 5.32 Å². The minimum Gasteiger partial charge on any atom is -0.392 e. The quantitative estimate of drug-likeness (QED) is 0.710. The van der Waals surface area contributed by atoms with E-state index in [1.807, 2.05) is 0 Å². The number of aliphatic hydroxyl groups is 1. The molecule has 2 aliphatic rings. The topological polar surface area (TPSA) is 41.5 Å². The van der Waals surface area contributed by atoms with Crippen molar-refractivity contribution in [1.29, 1.82) is 0 Å². The van der Waals surface area contributed by atoms with Crippen LogP contribution in [0, 0.1) is 5.92 Å². The molecule has 0 radical (unpaired) electrons. The van der Waals surface area contributed by atoms with Gasteiger partial charge in [0.1, 0.15) is 0 Å². The van der Waals surface area contributed by atoms with Gasteiger partial charge in [0.05, 0.1) is 6.10 Å². The first-order chi connectivity index (χ1) is 6.86. The molecule has 1 saturated carbocycles. The van der Waals surface area contributed by atoms with Gasteiger partial charge in [-0.2, -0.15) is 0 Å². The van der Waals surface area contributed by atoms with E-state index in [9.17, 15) is 5.11 Å². The largest absolute Gasteiger partial charge is 0.392 e. The number of hydrogen-bond donors (Lipinski definition) is 2. The van der Waals surface area contributed by atoms with Gasteiger partial charge < -0.3 is 15.2 Å². The number of nitrogens with one attached hydrogen (secondary N) is 1. The molecule has 2 unspecified atom stereocenters. The molecule has 1 aliphatic carbocycles. The summed E-state index contributed by atoms with van der Waals surface area (Å²) < 4.78 is 5.32. The van der Waals surface area contributed by atoms with Crippen LogP contribution in [0.1, 0.15) is 32.1 Å². The van der Waals surface area contributed by atoms with E-state index in [1.165, 1.54) is 19.3 Å². The molecule has 0 bridgehead atoms. The molecule has 14 heavy (non-hydrogen) atoms. The average Bonchev–Trinajstić information content (AvgIpc) is 2.63. The maximum atomic E-state index is 9.63. The molecular formula is C11H21NO2. The van der Waals surface area contributed by atoms with Crippen molar-refractivity contribution in [2.24, 2.45) is 5.92 Å². The normalized spacial score (nSPS) is 34.9. The lowest BCUT2D eigenvalue weighted by molar-refractivity contribution is 0.0629. The van der Waals surface area contributed by atoms with E-state index in [1.54, 1.807) is 0 Å². The van der Waals surface area contributed by atoms with Crippen molar-refractivity contribution in [3.8, 4) is 0 Å². The lowest BCUT2D eigenvalue weighted by atomic mass is 10.00. The highest BCUT2D eigenvalue weighted by atomic mass is 16.5. The third-order valence-corrected chi connectivity index (χ3v) is 3.49. The number of ether oxygens (including phenoxy) is 1. The number of hydrogen-bond acceptors (Lipinski definition) is 3. The molecule has 0 aromatic heterocycles. The van der Waals surface area contributed by atoms with Crippen LogP contribution in [0.4, 0.5) is 0 Å². The van der Waals surface area contributed by atoms with Gasteiger partial charge in [0.25, 0.3) is 0 Å². The van der Waals surface area contributed by atoms with E-state index < -0.39 is 0 Å². The first-order valence-corrected chi connectivity index (χ1v) is 5.85. The van der Waals surface area contributed by atoms with Crippen LogP contribution in [-0.4, -0.2) is 37.0 Å². The fraction of sp³-hybridized carbons (Fsp3) is 1.00. The number of aliphatic hydroxyl groups excluding tert-OH is 1. The number of rotatable bonds is 3. The van der Waals surface area contributed by atoms with Gasteiger partial charge in [0, 0.05) is 19.3 Å². The van der Waals surface area contributed by atoms with E-state index in [4.69, 9.17) is 4.74 Å². The van der Waals surface area contributed by atoms with Gasteiger partial charge in [-0.05, 0) is 44.6 Å². The van der Waals surface area contributed by atoms with E-state index in [-0.39, 0.29) is 6.10 Å². The average molecular weight is 199 g/mol. The third kappa shape index (κ3) is 2.69. The van der Waals surface area contributed by atoms with Gasteiger partial charge in [-0.3, -0.25) is 0 Å². The van der Waals surface area contributed by atoms with Crippen molar-refractivity contribution in [3.05, 3.63) is 0 Å². The van der Waals surface area contributed by atoms with E-state index in [0.29, 0.717) is 6.04 Å². The van der Waals surface area contributed by atoms with Crippen molar-refractivity contribution in [1.82, 2.24) is 5.32 Å². The fourth-order valence-electron chi connectivity index (χ4n) is 2.45. The van der Waals surface area contributed by atoms with Crippen LogP contribution in [0.15, 0.2) is 0 Å². The zero-order valence-corrected chi connectivity index (χ0v) is 8.74. The van der Waals surface area contributed by atoms with Gasteiger partial charge in [-0.15, -0.1) is 0 Å². The highest BCUT2D eigenvalue weighted by molar-refractivity contribution is 4.83. The fourth-order valence-corrected chi connectivity index (χ4v) is 2.45. The van der Waals surface area contributed by atoms with Crippen LogP contribution < -0.4 is 5.32 Å². The van der Waals surface area contributed by atoms with Gasteiger partial charge >= 0.3 is 0 Å². The Bertz CT molecular complexity index is 169.